The molecule has 0 fully saturated rings. The highest BCUT2D eigenvalue weighted by atomic mass is 32.1. The summed E-state index contributed by atoms with van der Waals surface area (Å²) in [6.07, 6.45) is 0. The Labute approximate surface area is 118 Å². The number of nitrogens with zero attached hydrogens (tertiary/aromatic N) is 2. The van der Waals surface area contributed by atoms with Gasteiger partial charge in [0.2, 0.25) is 0 Å². The molecule has 102 valence electrons. The zero-order valence-corrected chi connectivity index (χ0v) is 12.9. The van der Waals surface area contributed by atoms with Crippen LogP contribution in [-0.4, -0.2) is 29.8 Å². The topological polar surface area (TPSA) is 33.2 Å². The van der Waals surface area contributed by atoms with Crippen LogP contribution >= 0.6 is 11.3 Å². The molecule has 1 atom stereocenters. The maximum atomic E-state index is 12.4. The molecule has 0 N–H and O–H groups in total. The summed E-state index contributed by atoms with van der Waals surface area (Å²) in [6, 6.07) is 5.97. The minimum Gasteiger partial charge on any atom is -0.297 e. The number of aromatic nitrogens is 1. The van der Waals surface area contributed by atoms with Crippen LogP contribution in [0.4, 0.5) is 0 Å². The van der Waals surface area contributed by atoms with E-state index in [-0.39, 0.29) is 17.7 Å². The molecule has 1 aromatic carbocycles. The number of thiazole rings is 1. The molecule has 3 nitrogen and oxygen atoms in total. The molecule has 1 heterocycles. The highest BCUT2D eigenvalue weighted by molar-refractivity contribution is 7.18. The average Bonchev–Trinajstić information content (AvgIpc) is 2.67. The van der Waals surface area contributed by atoms with Crippen molar-refractivity contribution in [1.29, 1.82) is 0 Å². The third-order valence-electron chi connectivity index (χ3n) is 3.19. The molecule has 0 amide bonds. The Kier molecular flexibility index (Phi) is 4.02. The van der Waals surface area contributed by atoms with Crippen LogP contribution in [0.2, 0.25) is 0 Å². The number of likely N-dealkylation sites (N-methyl/N-ethyl adjacent to an activating group) is 1. The van der Waals surface area contributed by atoms with Gasteiger partial charge < -0.3 is 0 Å². The van der Waals surface area contributed by atoms with Gasteiger partial charge >= 0.3 is 0 Å². The molecular weight excluding hydrogens is 256 g/mol. The van der Waals surface area contributed by atoms with E-state index in [1.807, 2.05) is 51.9 Å². The number of aryl methyl sites for hydroxylation is 1. The molecule has 19 heavy (non-hydrogen) atoms. The normalized spacial score (nSPS) is 13.4. The number of carbonyl (C=O) groups excluding carboxylic acids is 1. The second-order valence-corrected chi connectivity index (χ2v) is 6.62. The first-order valence-electron chi connectivity index (χ1n) is 6.47. The van der Waals surface area contributed by atoms with Crippen molar-refractivity contribution in [2.24, 2.45) is 5.92 Å². The van der Waals surface area contributed by atoms with Crippen LogP contribution < -0.4 is 0 Å². The molecule has 2 rings (SSSR count). The SMILES string of the molecule is Cc1nc2cc(C(C(=O)C(C)C)N(C)C)ccc2s1. The molecule has 0 saturated carbocycles. The van der Waals surface area contributed by atoms with Crippen molar-refractivity contribution in [2.75, 3.05) is 14.1 Å². The van der Waals surface area contributed by atoms with E-state index < -0.39 is 0 Å². The summed E-state index contributed by atoms with van der Waals surface area (Å²) >= 11 is 1.69. The van der Waals surface area contributed by atoms with E-state index in [1.54, 1.807) is 11.3 Å². The summed E-state index contributed by atoms with van der Waals surface area (Å²) in [7, 11) is 3.89. The van der Waals surface area contributed by atoms with Crippen LogP contribution in [0.15, 0.2) is 18.2 Å². The Morgan fingerprint density at radius 3 is 2.58 bits per heavy atom. The second kappa shape index (κ2) is 5.39. The van der Waals surface area contributed by atoms with Crippen molar-refractivity contribution in [3.63, 3.8) is 0 Å². The van der Waals surface area contributed by atoms with Gasteiger partial charge in [0.15, 0.2) is 5.78 Å². The number of carbonyl (C=O) groups is 1. The summed E-state index contributed by atoms with van der Waals surface area (Å²) in [6.45, 7) is 5.90. The van der Waals surface area contributed by atoms with Crippen LogP contribution in [-0.2, 0) is 4.79 Å². The lowest BCUT2D eigenvalue weighted by Gasteiger charge is -2.25. The minimum atomic E-state index is -0.189. The number of benzene rings is 1. The van der Waals surface area contributed by atoms with Crippen LogP contribution in [0.3, 0.4) is 0 Å². The lowest BCUT2D eigenvalue weighted by Crippen LogP contribution is -2.30. The number of hydrogen-bond acceptors (Lipinski definition) is 4. The molecule has 0 aliphatic carbocycles. The maximum absolute atomic E-state index is 12.4. The van der Waals surface area contributed by atoms with Gasteiger partial charge in [-0.1, -0.05) is 19.9 Å². The summed E-state index contributed by atoms with van der Waals surface area (Å²) in [5.41, 5.74) is 2.02. The first-order chi connectivity index (χ1) is 8.90. The highest BCUT2D eigenvalue weighted by Crippen LogP contribution is 2.28. The first kappa shape index (κ1) is 14.2. The van der Waals surface area contributed by atoms with Gasteiger partial charge in [0.05, 0.1) is 21.3 Å². The largest absolute Gasteiger partial charge is 0.297 e. The molecule has 1 unspecified atom stereocenters. The number of Topliss-reactive ketones (excluding diaryl/α,β-unsaturated/α-hetero) is 1. The first-order valence-corrected chi connectivity index (χ1v) is 7.29. The van der Waals surface area contributed by atoms with Crippen LogP contribution in [0, 0.1) is 12.8 Å². The molecule has 0 aliphatic heterocycles. The Hall–Kier alpha value is -1.26. The van der Waals surface area contributed by atoms with Gasteiger partial charge in [-0.3, -0.25) is 9.69 Å². The van der Waals surface area contributed by atoms with Crippen molar-refractivity contribution >= 4 is 27.3 Å². The lowest BCUT2D eigenvalue weighted by molar-refractivity contribution is -0.126. The average molecular weight is 276 g/mol. The van der Waals surface area contributed by atoms with Gasteiger partial charge in [-0.15, -0.1) is 11.3 Å². The van der Waals surface area contributed by atoms with Crippen LogP contribution in [0.5, 0.6) is 0 Å². The van der Waals surface area contributed by atoms with Gasteiger partial charge in [-0.05, 0) is 38.7 Å². The zero-order valence-electron chi connectivity index (χ0n) is 12.1. The Bertz CT molecular complexity index is 601. The molecule has 1 aromatic heterocycles. The maximum Gasteiger partial charge on any atom is 0.156 e. The number of ketones is 1. The number of fused-ring (bicyclic) bond motifs is 1. The molecule has 0 aliphatic rings. The Balaban J connectivity index is 2.47. The van der Waals surface area contributed by atoms with Crippen molar-refractivity contribution in [3.8, 4) is 0 Å². The van der Waals surface area contributed by atoms with Gasteiger partial charge in [-0.25, -0.2) is 4.98 Å². The van der Waals surface area contributed by atoms with Gasteiger partial charge in [0.25, 0.3) is 0 Å². The summed E-state index contributed by atoms with van der Waals surface area (Å²) < 4.78 is 1.18. The second-order valence-electron chi connectivity index (χ2n) is 5.38. The standard InChI is InChI=1S/C15H20N2OS/c1-9(2)15(18)14(17(4)5)11-6-7-13-12(8-11)16-10(3)19-13/h6-9,14H,1-5H3. The monoisotopic (exact) mass is 276 g/mol. The molecule has 0 spiro atoms. The minimum absolute atomic E-state index is 0.0280. The van der Waals surface area contributed by atoms with Crippen molar-refractivity contribution in [1.82, 2.24) is 9.88 Å². The number of rotatable bonds is 4. The fraction of sp³-hybridized carbons (Fsp3) is 0.467. The predicted molar refractivity (Wildman–Crippen MR) is 80.6 cm³/mol. The van der Waals surface area contributed by atoms with Gasteiger partial charge in [-0.2, -0.15) is 0 Å². The van der Waals surface area contributed by atoms with E-state index in [4.69, 9.17) is 0 Å². The number of hydrogen-bond donors (Lipinski definition) is 0. The summed E-state index contributed by atoms with van der Waals surface area (Å²) in [4.78, 5) is 18.9. The van der Waals surface area contributed by atoms with Gasteiger partial charge in [0, 0.05) is 5.92 Å². The third-order valence-corrected chi connectivity index (χ3v) is 4.14. The molecule has 0 radical (unpaired) electrons. The smallest absolute Gasteiger partial charge is 0.156 e. The highest BCUT2D eigenvalue weighted by Gasteiger charge is 2.25. The molecule has 0 bridgehead atoms. The van der Waals surface area contributed by atoms with E-state index in [9.17, 15) is 4.79 Å². The van der Waals surface area contributed by atoms with Crippen molar-refractivity contribution in [3.05, 3.63) is 28.8 Å². The summed E-state index contributed by atoms with van der Waals surface area (Å²) in [5, 5.41) is 1.06. The molecule has 2 aromatic rings. The molecule has 0 saturated heterocycles. The van der Waals surface area contributed by atoms with Crippen LogP contribution in [0.25, 0.3) is 10.2 Å². The third kappa shape index (κ3) is 2.85. The van der Waals surface area contributed by atoms with Crippen molar-refractivity contribution < 1.29 is 4.79 Å². The van der Waals surface area contributed by atoms with Crippen molar-refractivity contribution in [2.45, 2.75) is 26.8 Å². The van der Waals surface area contributed by atoms with E-state index in [2.05, 4.69) is 11.1 Å². The lowest BCUT2D eigenvalue weighted by atomic mass is 9.94. The van der Waals surface area contributed by atoms with Crippen LogP contribution in [0.1, 0.15) is 30.5 Å². The molecular formula is C15H20N2OS. The predicted octanol–water partition coefficient (Wildman–Crippen LogP) is 3.43. The zero-order chi connectivity index (χ0) is 14.2. The van der Waals surface area contributed by atoms with E-state index in [0.29, 0.717) is 0 Å². The molecule has 4 heteroatoms. The fourth-order valence-electron chi connectivity index (χ4n) is 2.26. The van der Waals surface area contributed by atoms with E-state index >= 15 is 0 Å². The van der Waals surface area contributed by atoms with E-state index in [1.165, 1.54) is 4.70 Å². The Morgan fingerprint density at radius 1 is 1.32 bits per heavy atom. The van der Waals surface area contributed by atoms with Gasteiger partial charge in [0.1, 0.15) is 0 Å². The summed E-state index contributed by atoms with van der Waals surface area (Å²) in [5.74, 6) is 0.275. The Morgan fingerprint density at radius 2 is 2.00 bits per heavy atom. The quantitative estimate of drug-likeness (QED) is 0.857. The van der Waals surface area contributed by atoms with E-state index in [0.717, 1.165) is 16.1 Å². The fourth-order valence-corrected chi connectivity index (χ4v) is 3.07.